The summed E-state index contributed by atoms with van der Waals surface area (Å²) in [5.41, 5.74) is 3.37. The molecule has 2 aliphatic carbocycles. The summed E-state index contributed by atoms with van der Waals surface area (Å²) in [6, 6.07) is 5.89. The first kappa shape index (κ1) is 16.9. The third-order valence-electron chi connectivity index (χ3n) is 7.12. The van der Waals surface area contributed by atoms with Gasteiger partial charge >= 0.3 is 0 Å². The molecule has 2 saturated carbocycles. The first-order valence-electron chi connectivity index (χ1n) is 10.2. The van der Waals surface area contributed by atoms with Gasteiger partial charge in [0.05, 0.1) is 17.3 Å². The van der Waals surface area contributed by atoms with E-state index in [1.165, 1.54) is 32.1 Å². The van der Waals surface area contributed by atoms with E-state index in [1.807, 2.05) is 18.2 Å². The summed E-state index contributed by atoms with van der Waals surface area (Å²) < 4.78 is 0. The van der Waals surface area contributed by atoms with Gasteiger partial charge in [0.15, 0.2) is 0 Å². The number of pyridine rings is 1. The van der Waals surface area contributed by atoms with Crippen LogP contribution in [0.15, 0.2) is 23.0 Å². The molecule has 3 aliphatic rings. The van der Waals surface area contributed by atoms with E-state index < -0.39 is 6.10 Å². The average molecular weight is 362 g/mol. The van der Waals surface area contributed by atoms with Gasteiger partial charge in [0.1, 0.15) is 5.56 Å². The zero-order valence-electron chi connectivity index (χ0n) is 15.6. The molecule has 4 heteroatoms. The van der Waals surface area contributed by atoms with E-state index in [9.17, 15) is 9.90 Å². The minimum absolute atomic E-state index is 0.195. The lowest BCUT2D eigenvalue weighted by Gasteiger charge is -2.48. The zero-order valence-corrected chi connectivity index (χ0v) is 15.6. The highest BCUT2D eigenvalue weighted by molar-refractivity contribution is 5.95. The second-order valence-electron chi connectivity index (χ2n) is 8.75. The lowest BCUT2D eigenvalue weighted by molar-refractivity contribution is 0.0956. The van der Waals surface area contributed by atoms with E-state index in [4.69, 9.17) is 6.42 Å². The van der Waals surface area contributed by atoms with Gasteiger partial charge in [-0.1, -0.05) is 18.4 Å². The average Bonchev–Trinajstić information content (AvgIpc) is 3.50. The molecule has 140 valence electrons. The Bertz CT molecular complexity index is 982. The normalized spacial score (nSPS) is 22.4. The molecule has 4 nitrogen and oxygen atoms in total. The summed E-state index contributed by atoms with van der Waals surface area (Å²) in [5, 5.41) is 11.5. The van der Waals surface area contributed by atoms with Crippen LogP contribution in [-0.4, -0.2) is 23.2 Å². The van der Waals surface area contributed by atoms with Crippen LogP contribution in [0, 0.1) is 23.7 Å². The Morgan fingerprint density at radius 2 is 1.96 bits per heavy atom. The van der Waals surface area contributed by atoms with Gasteiger partial charge in [-0.3, -0.25) is 4.79 Å². The molecule has 2 N–H and O–H groups in total. The fraction of sp³-hybridized carbons (Fsp3) is 0.522. The summed E-state index contributed by atoms with van der Waals surface area (Å²) in [6.45, 7) is 1.89. The van der Waals surface area contributed by atoms with E-state index in [0.717, 1.165) is 48.1 Å². The van der Waals surface area contributed by atoms with Crippen molar-refractivity contribution in [3.63, 3.8) is 0 Å². The van der Waals surface area contributed by atoms with E-state index in [-0.39, 0.29) is 5.56 Å². The Hall–Kier alpha value is -2.25. The number of terminal acetylenes is 1. The number of aromatic nitrogens is 1. The highest BCUT2D eigenvalue weighted by atomic mass is 16.3. The molecule has 2 aromatic rings. The van der Waals surface area contributed by atoms with Gasteiger partial charge in [0.25, 0.3) is 5.56 Å². The van der Waals surface area contributed by atoms with Crippen molar-refractivity contribution in [2.45, 2.75) is 51.0 Å². The molecule has 0 radical (unpaired) electrons. The summed E-state index contributed by atoms with van der Waals surface area (Å²) in [7, 11) is 0. The third-order valence-corrected chi connectivity index (χ3v) is 7.12. The molecule has 0 amide bonds. The largest absolute Gasteiger partial charge is 0.388 e. The van der Waals surface area contributed by atoms with E-state index in [0.29, 0.717) is 16.9 Å². The molecule has 3 fully saturated rings. The SMILES string of the molecule is C#Cc1c(N2CCC3(CCC3)CC2)c2cc(C(O)C3CC3)ccc2[nH]c1=O. The second-order valence-corrected chi connectivity index (χ2v) is 8.75. The number of anilines is 1. The van der Waals surface area contributed by atoms with Crippen LogP contribution in [0.2, 0.25) is 0 Å². The van der Waals surface area contributed by atoms with Crippen LogP contribution in [0.4, 0.5) is 5.69 Å². The predicted octanol–water partition coefficient (Wildman–Crippen LogP) is 3.72. The highest BCUT2D eigenvalue weighted by Gasteiger charge is 2.40. The summed E-state index contributed by atoms with van der Waals surface area (Å²) in [5.74, 6) is 3.01. The van der Waals surface area contributed by atoms with Crippen molar-refractivity contribution in [2.75, 3.05) is 18.0 Å². The number of hydrogen-bond donors (Lipinski definition) is 2. The zero-order chi connectivity index (χ0) is 18.6. The Kier molecular flexibility index (Phi) is 3.84. The standard InChI is InChI=1S/C23H26N2O2/c1-2-17-20(25-12-10-23(11-13-25)8-3-9-23)18-14-16(21(26)15-4-5-15)6-7-19(18)24-22(17)27/h1,6-7,14-15,21,26H,3-5,8-13H2,(H,24,27). The van der Waals surface area contributed by atoms with Crippen molar-refractivity contribution in [3.05, 3.63) is 39.7 Å². The van der Waals surface area contributed by atoms with Crippen LogP contribution in [0.5, 0.6) is 0 Å². The quantitative estimate of drug-likeness (QED) is 0.818. The van der Waals surface area contributed by atoms with Crippen molar-refractivity contribution in [2.24, 2.45) is 11.3 Å². The number of fused-ring (bicyclic) bond motifs is 1. The Morgan fingerprint density at radius 3 is 2.56 bits per heavy atom. The lowest BCUT2D eigenvalue weighted by Crippen LogP contribution is -2.44. The van der Waals surface area contributed by atoms with Crippen molar-refractivity contribution >= 4 is 16.6 Å². The van der Waals surface area contributed by atoms with Gasteiger partial charge in [-0.05, 0) is 67.6 Å². The van der Waals surface area contributed by atoms with Crippen molar-refractivity contribution < 1.29 is 5.11 Å². The number of aromatic amines is 1. The predicted molar refractivity (Wildman–Crippen MR) is 108 cm³/mol. The molecule has 1 aromatic heterocycles. The Labute approximate surface area is 159 Å². The minimum atomic E-state index is -0.428. The summed E-state index contributed by atoms with van der Waals surface area (Å²) in [6.07, 6.45) is 13.9. The van der Waals surface area contributed by atoms with Gasteiger partial charge in [-0.15, -0.1) is 6.42 Å². The topological polar surface area (TPSA) is 56.3 Å². The van der Waals surface area contributed by atoms with Gasteiger partial charge in [-0.2, -0.15) is 0 Å². The van der Waals surface area contributed by atoms with Gasteiger partial charge in [-0.25, -0.2) is 0 Å². The summed E-state index contributed by atoms with van der Waals surface area (Å²) >= 11 is 0. The second kappa shape index (κ2) is 6.14. The fourth-order valence-electron chi connectivity index (χ4n) is 5.01. The van der Waals surface area contributed by atoms with Crippen LogP contribution in [0.1, 0.15) is 62.2 Å². The smallest absolute Gasteiger partial charge is 0.266 e. The molecular weight excluding hydrogens is 336 g/mol. The number of aliphatic hydroxyl groups is 1. The Morgan fingerprint density at radius 1 is 1.22 bits per heavy atom. The number of benzene rings is 1. The first-order valence-corrected chi connectivity index (χ1v) is 10.2. The number of nitrogens with one attached hydrogen (secondary N) is 1. The first-order chi connectivity index (χ1) is 13.1. The van der Waals surface area contributed by atoms with E-state index in [1.54, 1.807) is 0 Å². The van der Waals surface area contributed by atoms with Crippen molar-refractivity contribution in [3.8, 4) is 12.3 Å². The monoisotopic (exact) mass is 362 g/mol. The number of rotatable bonds is 3. The number of hydrogen-bond acceptors (Lipinski definition) is 3. The van der Waals surface area contributed by atoms with Crippen LogP contribution < -0.4 is 10.5 Å². The molecule has 1 aliphatic heterocycles. The molecule has 5 rings (SSSR count). The van der Waals surface area contributed by atoms with Crippen LogP contribution >= 0.6 is 0 Å². The molecular formula is C23H26N2O2. The number of aliphatic hydroxyl groups excluding tert-OH is 1. The molecule has 2 heterocycles. The maximum absolute atomic E-state index is 12.6. The molecule has 1 atom stereocenters. The molecule has 27 heavy (non-hydrogen) atoms. The fourth-order valence-corrected chi connectivity index (χ4v) is 5.01. The summed E-state index contributed by atoms with van der Waals surface area (Å²) in [4.78, 5) is 17.8. The molecule has 1 unspecified atom stereocenters. The lowest BCUT2D eigenvalue weighted by atomic mass is 9.63. The number of piperidine rings is 1. The molecule has 1 aromatic carbocycles. The van der Waals surface area contributed by atoms with Gasteiger partial charge < -0.3 is 15.0 Å². The van der Waals surface area contributed by atoms with Crippen LogP contribution in [-0.2, 0) is 0 Å². The van der Waals surface area contributed by atoms with Gasteiger partial charge in [0.2, 0.25) is 0 Å². The van der Waals surface area contributed by atoms with E-state index in [2.05, 4.69) is 15.8 Å². The highest BCUT2D eigenvalue weighted by Crippen LogP contribution is 2.50. The minimum Gasteiger partial charge on any atom is -0.388 e. The van der Waals surface area contributed by atoms with Gasteiger partial charge in [0, 0.05) is 18.5 Å². The third kappa shape index (κ3) is 2.76. The molecule has 1 spiro atoms. The van der Waals surface area contributed by atoms with Crippen molar-refractivity contribution in [1.82, 2.24) is 4.98 Å². The number of nitrogens with zero attached hydrogens (tertiary/aromatic N) is 1. The molecule has 1 saturated heterocycles. The van der Waals surface area contributed by atoms with Crippen molar-refractivity contribution in [1.29, 1.82) is 0 Å². The van der Waals surface area contributed by atoms with Crippen LogP contribution in [0.3, 0.4) is 0 Å². The maximum Gasteiger partial charge on any atom is 0.266 e. The maximum atomic E-state index is 12.6. The number of H-pyrrole nitrogens is 1. The Balaban J connectivity index is 1.60. The molecule has 0 bridgehead atoms. The van der Waals surface area contributed by atoms with E-state index >= 15 is 0 Å². The van der Waals surface area contributed by atoms with Crippen LogP contribution in [0.25, 0.3) is 10.9 Å².